The lowest BCUT2D eigenvalue weighted by molar-refractivity contribution is 0.458. The Morgan fingerprint density at radius 1 is 1.06 bits per heavy atom. The van der Waals surface area contributed by atoms with Crippen LogP contribution in [0.4, 0.5) is 0 Å². The van der Waals surface area contributed by atoms with Gasteiger partial charge in [0.2, 0.25) is 5.88 Å². The van der Waals surface area contributed by atoms with Crippen molar-refractivity contribution in [2.75, 3.05) is 0 Å². The first-order valence-corrected chi connectivity index (χ1v) is 6.23. The van der Waals surface area contributed by atoms with Crippen LogP contribution < -0.4 is 4.74 Å². The van der Waals surface area contributed by atoms with Crippen molar-refractivity contribution in [1.29, 1.82) is 0 Å². The molecule has 1 aromatic carbocycles. The van der Waals surface area contributed by atoms with Crippen molar-refractivity contribution in [2.24, 2.45) is 0 Å². The molecule has 0 radical (unpaired) electrons. The lowest BCUT2D eigenvalue weighted by Gasteiger charge is -2.09. The van der Waals surface area contributed by atoms with Crippen molar-refractivity contribution in [1.82, 2.24) is 4.98 Å². The molecule has 0 aliphatic carbocycles. The van der Waals surface area contributed by atoms with Crippen LogP contribution in [-0.2, 0) is 0 Å². The van der Waals surface area contributed by atoms with E-state index >= 15 is 0 Å². The maximum Gasteiger partial charge on any atom is 0.233 e. The molecule has 1 heterocycles. The summed E-state index contributed by atoms with van der Waals surface area (Å²) in [5, 5.41) is 0. The predicted molar refractivity (Wildman–Crippen MR) is 72.7 cm³/mol. The molecular formula is C14H14BrNO. The molecule has 0 amide bonds. The van der Waals surface area contributed by atoms with Gasteiger partial charge in [-0.25, -0.2) is 4.98 Å². The Kier molecular flexibility index (Phi) is 3.48. The van der Waals surface area contributed by atoms with Gasteiger partial charge in [-0.1, -0.05) is 6.07 Å². The first-order valence-electron chi connectivity index (χ1n) is 5.43. The summed E-state index contributed by atoms with van der Waals surface area (Å²) >= 11 is 3.49. The normalized spacial score (nSPS) is 10.4. The molecule has 0 unspecified atom stereocenters. The Morgan fingerprint density at radius 2 is 1.71 bits per heavy atom. The highest BCUT2D eigenvalue weighted by atomic mass is 79.9. The number of nitrogens with zero attached hydrogens (tertiary/aromatic N) is 1. The van der Waals surface area contributed by atoms with E-state index in [4.69, 9.17) is 4.74 Å². The summed E-state index contributed by atoms with van der Waals surface area (Å²) in [4.78, 5) is 4.22. The van der Waals surface area contributed by atoms with E-state index in [1.807, 2.05) is 25.1 Å². The van der Waals surface area contributed by atoms with Crippen molar-refractivity contribution in [3.63, 3.8) is 0 Å². The van der Waals surface area contributed by atoms with E-state index in [-0.39, 0.29) is 0 Å². The zero-order valence-electron chi connectivity index (χ0n) is 10.1. The fraction of sp³-hybridized carbons (Fsp3) is 0.214. The highest BCUT2D eigenvalue weighted by Gasteiger charge is 2.07. The van der Waals surface area contributed by atoms with E-state index in [2.05, 4.69) is 40.8 Å². The van der Waals surface area contributed by atoms with Crippen molar-refractivity contribution >= 4 is 15.9 Å². The van der Waals surface area contributed by atoms with E-state index < -0.39 is 0 Å². The maximum atomic E-state index is 5.79. The number of aryl methyl sites for hydroxylation is 3. The SMILES string of the molecule is Cc1cc(C)cc(Oc2nccc(C)c2Br)c1. The first-order chi connectivity index (χ1) is 8.06. The molecule has 3 heteroatoms. The van der Waals surface area contributed by atoms with Gasteiger partial charge in [-0.3, -0.25) is 0 Å². The van der Waals surface area contributed by atoms with Gasteiger partial charge in [0.15, 0.2) is 0 Å². The molecular weight excluding hydrogens is 278 g/mol. The molecule has 0 bridgehead atoms. The third kappa shape index (κ3) is 2.86. The number of pyridine rings is 1. The average Bonchev–Trinajstić information content (AvgIpc) is 2.23. The Morgan fingerprint density at radius 3 is 2.35 bits per heavy atom. The summed E-state index contributed by atoms with van der Waals surface area (Å²) in [6.07, 6.45) is 1.75. The summed E-state index contributed by atoms with van der Waals surface area (Å²) in [6, 6.07) is 8.07. The first kappa shape index (κ1) is 12.1. The molecule has 1 aromatic heterocycles. The Bertz CT molecular complexity index is 532. The number of halogens is 1. The van der Waals surface area contributed by atoms with Crippen LogP contribution >= 0.6 is 15.9 Å². The van der Waals surface area contributed by atoms with Crippen LogP contribution in [0.2, 0.25) is 0 Å². The van der Waals surface area contributed by atoms with Crippen LogP contribution in [0.25, 0.3) is 0 Å². The van der Waals surface area contributed by atoms with Gasteiger partial charge < -0.3 is 4.74 Å². The van der Waals surface area contributed by atoms with Crippen LogP contribution in [-0.4, -0.2) is 4.98 Å². The smallest absolute Gasteiger partial charge is 0.233 e. The van der Waals surface area contributed by atoms with E-state index in [1.165, 1.54) is 11.1 Å². The molecule has 0 spiro atoms. The van der Waals surface area contributed by atoms with Gasteiger partial charge in [0.05, 0.1) is 4.47 Å². The molecule has 0 saturated heterocycles. The molecule has 2 aromatic rings. The number of aromatic nitrogens is 1. The minimum absolute atomic E-state index is 0.606. The average molecular weight is 292 g/mol. The predicted octanol–water partition coefficient (Wildman–Crippen LogP) is 4.56. The van der Waals surface area contributed by atoms with Crippen molar-refractivity contribution in [3.05, 3.63) is 51.6 Å². The van der Waals surface area contributed by atoms with Crippen molar-refractivity contribution < 1.29 is 4.74 Å². The standard InChI is InChI=1S/C14H14BrNO/c1-9-6-10(2)8-12(7-9)17-14-13(15)11(3)4-5-16-14/h4-8H,1-3H3. The van der Waals surface area contributed by atoms with E-state index in [9.17, 15) is 0 Å². The minimum Gasteiger partial charge on any atom is -0.438 e. The highest BCUT2D eigenvalue weighted by Crippen LogP contribution is 2.30. The number of hydrogen-bond acceptors (Lipinski definition) is 2. The van der Waals surface area contributed by atoms with Gasteiger partial charge >= 0.3 is 0 Å². The maximum absolute atomic E-state index is 5.79. The second kappa shape index (κ2) is 4.88. The molecule has 0 aliphatic rings. The number of rotatable bonds is 2. The summed E-state index contributed by atoms with van der Waals surface area (Å²) in [5.74, 6) is 1.43. The summed E-state index contributed by atoms with van der Waals surface area (Å²) in [6.45, 7) is 6.12. The van der Waals surface area contributed by atoms with Crippen LogP contribution in [0.3, 0.4) is 0 Å². The second-order valence-corrected chi connectivity index (χ2v) is 4.97. The van der Waals surface area contributed by atoms with Crippen molar-refractivity contribution in [3.8, 4) is 11.6 Å². The molecule has 0 atom stereocenters. The van der Waals surface area contributed by atoms with Crippen LogP contribution in [0.5, 0.6) is 11.6 Å². The van der Waals surface area contributed by atoms with Crippen LogP contribution in [0, 0.1) is 20.8 Å². The Balaban J connectivity index is 2.34. The van der Waals surface area contributed by atoms with Gasteiger partial charge in [-0.05, 0) is 71.6 Å². The topological polar surface area (TPSA) is 22.1 Å². The van der Waals surface area contributed by atoms with Gasteiger partial charge in [-0.15, -0.1) is 0 Å². The van der Waals surface area contributed by atoms with Crippen LogP contribution in [0.15, 0.2) is 34.9 Å². The Hall–Kier alpha value is -1.35. The quantitative estimate of drug-likeness (QED) is 0.809. The van der Waals surface area contributed by atoms with Gasteiger partial charge in [0.1, 0.15) is 5.75 Å². The van der Waals surface area contributed by atoms with E-state index in [0.717, 1.165) is 15.8 Å². The zero-order chi connectivity index (χ0) is 12.4. The lowest BCUT2D eigenvalue weighted by Crippen LogP contribution is -1.91. The molecule has 17 heavy (non-hydrogen) atoms. The molecule has 2 nitrogen and oxygen atoms in total. The number of hydrogen-bond donors (Lipinski definition) is 0. The molecule has 0 N–H and O–H groups in total. The fourth-order valence-corrected chi connectivity index (χ4v) is 2.01. The van der Waals surface area contributed by atoms with Gasteiger partial charge in [0, 0.05) is 6.20 Å². The Labute approximate surface area is 110 Å². The third-order valence-electron chi connectivity index (χ3n) is 2.46. The minimum atomic E-state index is 0.606. The third-order valence-corrected chi connectivity index (χ3v) is 3.42. The van der Waals surface area contributed by atoms with Gasteiger partial charge in [0.25, 0.3) is 0 Å². The molecule has 0 aliphatic heterocycles. The van der Waals surface area contributed by atoms with Crippen molar-refractivity contribution in [2.45, 2.75) is 20.8 Å². The fourth-order valence-electron chi connectivity index (χ4n) is 1.69. The van der Waals surface area contributed by atoms with Crippen LogP contribution in [0.1, 0.15) is 16.7 Å². The summed E-state index contributed by atoms with van der Waals surface area (Å²) in [7, 11) is 0. The van der Waals surface area contributed by atoms with Gasteiger partial charge in [-0.2, -0.15) is 0 Å². The lowest BCUT2D eigenvalue weighted by atomic mass is 10.1. The summed E-state index contributed by atoms with van der Waals surface area (Å²) in [5.41, 5.74) is 3.48. The largest absolute Gasteiger partial charge is 0.438 e. The second-order valence-electron chi connectivity index (χ2n) is 4.17. The molecule has 88 valence electrons. The van der Waals surface area contributed by atoms with E-state index in [0.29, 0.717) is 5.88 Å². The number of benzene rings is 1. The monoisotopic (exact) mass is 291 g/mol. The van der Waals surface area contributed by atoms with E-state index in [1.54, 1.807) is 6.20 Å². The molecule has 2 rings (SSSR count). The molecule has 0 saturated carbocycles. The molecule has 0 fully saturated rings. The highest BCUT2D eigenvalue weighted by molar-refractivity contribution is 9.10. The summed E-state index contributed by atoms with van der Waals surface area (Å²) < 4.78 is 6.70. The zero-order valence-corrected chi connectivity index (χ0v) is 11.7. The number of ether oxygens (including phenoxy) is 1.